The first-order valence-corrected chi connectivity index (χ1v) is 7.05. The Balaban J connectivity index is 1.63. The Bertz CT molecular complexity index is 527. The molecule has 1 amide bonds. The summed E-state index contributed by atoms with van der Waals surface area (Å²) in [6, 6.07) is 4.10. The summed E-state index contributed by atoms with van der Waals surface area (Å²) in [6.07, 6.45) is 2.41. The average molecular weight is 280 g/mol. The van der Waals surface area contributed by atoms with Crippen molar-refractivity contribution in [3.8, 4) is 0 Å². The lowest BCUT2D eigenvalue weighted by Crippen LogP contribution is -2.43. The van der Waals surface area contributed by atoms with Gasteiger partial charge < -0.3 is 10.6 Å². The fourth-order valence-corrected chi connectivity index (χ4v) is 2.93. The number of hydrogen-bond donors (Lipinski definition) is 1. The number of likely N-dealkylation sites (tertiary alicyclic amines) is 1. The highest BCUT2D eigenvalue weighted by molar-refractivity contribution is 5.83. The Kier molecular flexibility index (Phi) is 3.46. The van der Waals surface area contributed by atoms with Crippen LogP contribution in [0.25, 0.3) is 0 Å². The SMILES string of the molecule is NC1CCN(C(=O)[C@H]2C[C@H]2c2ccc(F)c(F)c2)CC1. The number of nitrogens with two attached hydrogens (primary N) is 1. The van der Waals surface area contributed by atoms with E-state index in [-0.39, 0.29) is 23.8 Å². The van der Waals surface area contributed by atoms with Gasteiger partial charge >= 0.3 is 0 Å². The first-order chi connectivity index (χ1) is 9.56. The number of halogens is 2. The van der Waals surface area contributed by atoms with Crippen LogP contribution in [0.4, 0.5) is 8.78 Å². The quantitative estimate of drug-likeness (QED) is 0.901. The number of rotatable bonds is 2. The van der Waals surface area contributed by atoms with Gasteiger partial charge in [-0.25, -0.2) is 8.78 Å². The Morgan fingerprint density at radius 1 is 1.20 bits per heavy atom. The maximum atomic E-state index is 13.2. The van der Waals surface area contributed by atoms with Gasteiger partial charge in [0, 0.05) is 25.0 Å². The van der Waals surface area contributed by atoms with E-state index < -0.39 is 11.6 Å². The van der Waals surface area contributed by atoms with Crippen LogP contribution in [-0.2, 0) is 4.79 Å². The second-order valence-electron chi connectivity index (χ2n) is 5.78. The summed E-state index contributed by atoms with van der Waals surface area (Å²) in [7, 11) is 0. The fourth-order valence-electron chi connectivity index (χ4n) is 2.93. The molecule has 1 aliphatic heterocycles. The third-order valence-electron chi connectivity index (χ3n) is 4.33. The molecule has 1 aromatic carbocycles. The fraction of sp³-hybridized carbons (Fsp3) is 0.533. The molecule has 0 radical (unpaired) electrons. The van der Waals surface area contributed by atoms with Crippen molar-refractivity contribution in [2.24, 2.45) is 11.7 Å². The van der Waals surface area contributed by atoms with Crippen molar-refractivity contribution in [1.82, 2.24) is 4.90 Å². The molecule has 1 saturated heterocycles. The molecule has 3 rings (SSSR count). The molecule has 0 bridgehead atoms. The molecule has 2 aliphatic rings. The van der Waals surface area contributed by atoms with Gasteiger partial charge in [-0.15, -0.1) is 0 Å². The molecule has 1 heterocycles. The minimum Gasteiger partial charge on any atom is -0.342 e. The molecule has 1 saturated carbocycles. The van der Waals surface area contributed by atoms with Crippen LogP contribution in [-0.4, -0.2) is 29.9 Å². The third-order valence-corrected chi connectivity index (χ3v) is 4.33. The van der Waals surface area contributed by atoms with Crippen molar-refractivity contribution in [3.63, 3.8) is 0 Å². The molecule has 0 unspecified atom stereocenters. The van der Waals surface area contributed by atoms with E-state index in [0.717, 1.165) is 30.9 Å². The van der Waals surface area contributed by atoms with Gasteiger partial charge in [0.05, 0.1) is 0 Å². The number of nitrogens with zero attached hydrogens (tertiary/aromatic N) is 1. The van der Waals surface area contributed by atoms with E-state index in [9.17, 15) is 13.6 Å². The predicted molar refractivity (Wildman–Crippen MR) is 71.0 cm³/mol. The standard InChI is InChI=1S/C15H18F2N2O/c16-13-2-1-9(7-14(13)17)11-8-12(11)15(20)19-5-3-10(18)4-6-19/h1-2,7,10-12H,3-6,8,18H2/t11-,12-/m0/s1. The van der Waals surface area contributed by atoms with E-state index in [2.05, 4.69) is 0 Å². The number of hydrogen-bond acceptors (Lipinski definition) is 2. The van der Waals surface area contributed by atoms with Crippen molar-refractivity contribution >= 4 is 5.91 Å². The lowest BCUT2D eigenvalue weighted by atomic mass is 10.0. The highest BCUT2D eigenvalue weighted by Gasteiger charge is 2.46. The molecule has 2 N–H and O–H groups in total. The summed E-state index contributed by atoms with van der Waals surface area (Å²) in [6.45, 7) is 1.42. The van der Waals surface area contributed by atoms with E-state index in [1.54, 1.807) is 6.07 Å². The van der Waals surface area contributed by atoms with Gasteiger partial charge in [0.1, 0.15) is 0 Å². The molecule has 20 heavy (non-hydrogen) atoms. The second-order valence-corrected chi connectivity index (χ2v) is 5.78. The number of carbonyl (C=O) groups is 1. The van der Waals surface area contributed by atoms with E-state index in [0.29, 0.717) is 13.1 Å². The molecule has 108 valence electrons. The van der Waals surface area contributed by atoms with Crippen LogP contribution in [0.15, 0.2) is 18.2 Å². The number of benzene rings is 1. The normalized spacial score (nSPS) is 26.6. The number of piperidine rings is 1. The van der Waals surface area contributed by atoms with Crippen LogP contribution in [0.2, 0.25) is 0 Å². The van der Waals surface area contributed by atoms with Gasteiger partial charge in [0.25, 0.3) is 0 Å². The van der Waals surface area contributed by atoms with Gasteiger partial charge in [-0.2, -0.15) is 0 Å². The van der Waals surface area contributed by atoms with Crippen LogP contribution in [0.1, 0.15) is 30.7 Å². The first-order valence-electron chi connectivity index (χ1n) is 7.05. The summed E-state index contributed by atoms with van der Waals surface area (Å²) in [5, 5.41) is 0. The van der Waals surface area contributed by atoms with Crippen LogP contribution >= 0.6 is 0 Å². The number of carbonyl (C=O) groups excluding carboxylic acids is 1. The average Bonchev–Trinajstić information content (AvgIpc) is 3.22. The Morgan fingerprint density at radius 2 is 1.90 bits per heavy atom. The van der Waals surface area contributed by atoms with E-state index >= 15 is 0 Å². The zero-order valence-electron chi connectivity index (χ0n) is 11.2. The predicted octanol–water partition coefficient (Wildman–Crippen LogP) is 2.02. The van der Waals surface area contributed by atoms with Crippen LogP contribution in [0.3, 0.4) is 0 Å². The second kappa shape index (κ2) is 5.13. The Labute approximate surface area is 116 Å². The smallest absolute Gasteiger partial charge is 0.226 e. The van der Waals surface area contributed by atoms with E-state index in [1.165, 1.54) is 6.07 Å². The first kappa shape index (κ1) is 13.5. The van der Waals surface area contributed by atoms with Crippen molar-refractivity contribution in [1.29, 1.82) is 0 Å². The van der Waals surface area contributed by atoms with Gasteiger partial charge in [0.2, 0.25) is 5.91 Å². The summed E-state index contributed by atoms with van der Waals surface area (Å²) >= 11 is 0. The van der Waals surface area contributed by atoms with Gasteiger partial charge in [-0.3, -0.25) is 4.79 Å². The van der Waals surface area contributed by atoms with Gasteiger partial charge in [-0.1, -0.05) is 6.07 Å². The molecule has 1 aromatic rings. The topological polar surface area (TPSA) is 46.3 Å². The molecule has 2 atom stereocenters. The number of amides is 1. The zero-order valence-corrected chi connectivity index (χ0v) is 11.2. The van der Waals surface area contributed by atoms with Crippen molar-refractivity contribution in [2.75, 3.05) is 13.1 Å². The summed E-state index contributed by atoms with van der Waals surface area (Å²) in [5.74, 6) is -1.60. The third kappa shape index (κ3) is 2.54. The molecular weight excluding hydrogens is 262 g/mol. The summed E-state index contributed by atoms with van der Waals surface area (Å²) in [5.41, 5.74) is 6.54. The zero-order chi connectivity index (χ0) is 14.3. The van der Waals surface area contributed by atoms with Gasteiger partial charge in [-0.05, 0) is 42.9 Å². The van der Waals surface area contributed by atoms with Gasteiger partial charge in [0.15, 0.2) is 11.6 Å². The summed E-state index contributed by atoms with van der Waals surface area (Å²) in [4.78, 5) is 14.2. The van der Waals surface area contributed by atoms with Crippen LogP contribution < -0.4 is 5.73 Å². The molecular formula is C15H18F2N2O. The highest BCUT2D eigenvalue weighted by atomic mass is 19.2. The Morgan fingerprint density at radius 3 is 2.55 bits per heavy atom. The summed E-state index contributed by atoms with van der Waals surface area (Å²) < 4.78 is 26.1. The minimum atomic E-state index is -0.845. The lowest BCUT2D eigenvalue weighted by molar-refractivity contribution is -0.133. The van der Waals surface area contributed by atoms with Crippen molar-refractivity contribution in [3.05, 3.63) is 35.4 Å². The van der Waals surface area contributed by atoms with Crippen molar-refractivity contribution < 1.29 is 13.6 Å². The molecule has 2 fully saturated rings. The molecule has 0 aromatic heterocycles. The van der Waals surface area contributed by atoms with Crippen LogP contribution in [0.5, 0.6) is 0 Å². The minimum absolute atomic E-state index is 0.0354. The van der Waals surface area contributed by atoms with E-state index in [4.69, 9.17) is 5.73 Å². The molecule has 1 aliphatic carbocycles. The largest absolute Gasteiger partial charge is 0.342 e. The monoisotopic (exact) mass is 280 g/mol. The van der Waals surface area contributed by atoms with E-state index in [1.807, 2.05) is 4.90 Å². The maximum absolute atomic E-state index is 13.2. The van der Waals surface area contributed by atoms with Crippen LogP contribution in [0, 0.1) is 17.6 Å². The maximum Gasteiger partial charge on any atom is 0.226 e. The molecule has 5 heteroatoms. The molecule has 3 nitrogen and oxygen atoms in total. The van der Waals surface area contributed by atoms with Crippen molar-refractivity contribution in [2.45, 2.75) is 31.2 Å². The highest BCUT2D eigenvalue weighted by Crippen LogP contribution is 2.48. The Hall–Kier alpha value is -1.49. The lowest BCUT2D eigenvalue weighted by Gasteiger charge is -2.30. The molecule has 0 spiro atoms.